The minimum atomic E-state index is -0.679. The van der Waals surface area contributed by atoms with Gasteiger partial charge >= 0.3 is 0 Å². The smallest absolute Gasteiger partial charge is 0.256 e. The van der Waals surface area contributed by atoms with Gasteiger partial charge in [-0.1, -0.05) is 20.3 Å². The first-order valence-corrected chi connectivity index (χ1v) is 8.61. The molecule has 0 saturated heterocycles. The SMILES string of the molecule is CCCOC1(C(=O)Nc2ccc(OC)c(C)c2)CCCC(C)C1. The number of carbonyl (C=O) groups excluding carboxylic acids is 1. The lowest BCUT2D eigenvalue weighted by molar-refractivity contribution is -0.148. The number of carbonyl (C=O) groups is 1. The molecular weight excluding hydrogens is 290 g/mol. The maximum absolute atomic E-state index is 12.9. The molecule has 0 bridgehead atoms. The van der Waals surface area contributed by atoms with Crippen molar-refractivity contribution in [2.75, 3.05) is 19.0 Å². The minimum absolute atomic E-state index is 0.0120. The largest absolute Gasteiger partial charge is 0.496 e. The molecule has 1 aromatic carbocycles. The standard InChI is InChI=1S/C19H29NO3/c1-5-11-23-19(10-6-7-14(2)13-19)18(21)20-16-8-9-17(22-4)15(3)12-16/h8-9,12,14H,5-7,10-11,13H2,1-4H3,(H,20,21). The average molecular weight is 319 g/mol. The third kappa shape index (κ3) is 4.25. The first kappa shape index (κ1) is 17.8. The van der Waals surface area contributed by atoms with E-state index in [9.17, 15) is 4.79 Å². The van der Waals surface area contributed by atoms with Crippen LogP contribution in [0.5, 0.6) is 5.75 Å². The van der Waals surface area contributed by atoms with Crippen molar-refractivity contribution in [3.05, 3.63) is 23.8 Å². The molecule has 4 heteroatoms. The first-order chi connectivity index (χ1) is 11.0. The highest BCUT2D eigenvalue weighted by Gasteiger charge is 2.42. The van der Waals surface area contributed by atoms with E-state index in [4.69, 9.17) is 9.47 Å². The number of benzene rings is 1. The highest BCUT2D eigenvalue weighted by Crippen LogP contribution is 2.36. The van der Waals surface area contributed by atoms with Gasteiger partial charge in [0, 0.05) is 12.3 Å². The van der Waals surface area contributed by atoms with Gasteiger partial charge in [-0.15, -0.1) is 0 Å². The van der Waals surface area contributed by atoms with Crippen molar-refractivity contribution in [2.45, 2.75) is 58.5 Å². The summed E-state index contributed by atoms with van der Waals surface area (Å²) in [6, 6.07) is 5.70. The maximum atomic E-state index is 12.9. The molecule has 128 valence electrons. The Balaban J connectivity index is 2.15. The number of anilines is 1. The molecule has 0 aromatic heterocycles. The van der Waals surface area contributed by atoms with Crippen molar-refractivity contribution in [1.82, 2.24) is 0 Å². The molecular formula is C19H29NO3. The van der Waals surface area contributed by atoms with Gasteiger partial charge in [0.05, 0.1) is 7.11 Å². The number of rotatable bonds is 6. The van der Waals surface area contributed by atoms with Crippen molar-refractivity contribution < 1.29 is 14.3 Å². The van der Waals surface area contributed by atoms with Crippen molar-refractivity contribution >= 4 is 11.6 Å². The van der Waals surface area contributed by atoms with Gasteiger partial charge in [-0.05, 0) is 62.3 Å². The first-order valence-electron chi connectivity index (χ1n) is 8.61. The van der Waals surface area contributed by atoms with Crippen molar-refractivity contribution in [3.8, 4) is 5.75 Å². The summed E-state index contributed by atoms with van der Waals surface area (Å²) in [6.07, 6.45) is 4.74. The third-order valence-corrected chi connectivity index (χ3v) is 4.60. The van der Waals surface area contributed by atoms with E-state index in [1.54, 1.807) is 7.11 Å². The molecule has 1 N–H and O–H groups in total. The molecule has 2 unspecified atom stereocenters. The van der Waals surface area contributed by atoms with Gasteiger partial charge in [0.15, 0.2) is 0 Å². The highest BCUT2D eigenvalue weighted by atomic mass is 16.5. The van der Waals surface area contributed by atoms with Crippen LogP contribution in [0.15, 0.2) is 18.2 Å². The highest BCUT2D eigenvalue weighted by molar-refractivity contribution is 5.97. The molecule has 4 nitrogen and oxygen atoms in total. The summed E-state index contributed by atoms with van der Waals surface area (Å²) >= 11 is 0. The molecule has 0 radical (unpaired) electrons. The Bertz CT molecular complexity index is 543. The van der Waals surface area contributed by atoms with E-state index in [0.29, 0.717) is 12.5 Å². The third-order valence-electron chi connectivity index (χ3n) is 4.60. The Morgan fingerprint density at radius 2 is 2.22 bits per heavy atom. The molecule has 2 rings (SSSR count). The Labute approximate surface area is 139 Å². The summed E-state index contributed by atoms with van der Waals surface area (Å²) in [5.74, 6) is 1.33. The molecule has 1 fully saturated rings. The molecule has 23 heavy (non-hydrogen) atoms. The molecule has 1 aromatic rings. The Morgan fingerprint density at radius 3 is 2.83 bits per heavy atom. The van der Waals surface area contributed by atoms with Crippen LogP contribution in [0.3, 0.4) is 0 Å². The van der Waals surface area contributed by atoms with Gasteiger partial charge in [-0.2, -0.15) is 0 Å². The van der Waals surface area contributed by atoms with Crippen LogP contribution in [0, 0.1) is 12.8 Å². The average Bonchev–Trinajstić information content (AvgIpc) is 2.53. The van der Waals surface area contributed by atoms with E-state index < -0.39 is 5.60 Å². The van der Waals surface area contributed by atoms with Gasteiger partial charge in [-0.3, -0.25) is 4.79 Å². The topological polar surface area (TPSA) is 47.6 Å². The molecule has 1 amide bonds. The van der Waals surface area contributed by atoms with Crippen LogP contribution in [-0.2, 0) is 9.53 Å². The Morgan fingerprint density at radius 1 is 1.43 bits per heavy atom. The maximum Gasteiger partial charge on any atom is 0.256 e. The second-order valence-electron chi connectivity index (χ2n) is 6.68. The summed E-state index contributed by atoms with van der Waals surface area (Å²) in [4.78, 5) is 12.9. The van der Waals surface area contributed by atoms with Crippen LogP contribution in [0.4, 0.5) is 5.69 Å². The zero-order valence-corrected chi connectivity index (χ0v) is 14.8. The second kappa shape index (κ2) is 7.82. The number of hydrogen-bond donors (Lipinski definition) is 1. The zero-order valence-electron chi connectivity index (χ0n) is 14.8. The Kier molecular flexibility index (Phi) is 6.05. The van der Waals surface area contributed by atoms with Crippen molar-refractivity contribution in [1.29, 1.82) is 0 Å². The van der Waals surface area contributed by atoms with Crippen LogP contribution in [0.25, 0.3) is 0 Å². The van der Waals surface area contributed by atoms with Crippen LogP contribution < -0.4 is 10.1 Å². The number of methoxy groups -OCH3 is 1. The monoisotopic (exact) mass is 319 g/mol. The van der Waals surface area contributed by atoms with Crippen molar-refractivity contribution in [2.24, 2.45) is 5.92 Å². The van der Waals surface area contributed by atoms with Crippen LogP contribution in [-0.4, -0.2) is 25.2 Å². The number of ether oxygens (including phenoxy) is 2. The van der Waals surface area contributed by atoms with E-state index >= 15 is 0 Å². The van der Waals surface area contributed by atoms with Crippen molar-refractivity contribution in [3.63, 3.8) is 0 Å². The molecule has 0 aliphatic heterocycles. The Hall–Kier alpha value is -1.55. The van der Waals surface area contributed by atoms with Gasteiger partial charge in [0.25, 0.3) is 5.91 Å². The summed E-state index contributed by atoms with van der Waals surface area (Å²) in [7, 11) is 1.65. The number of amides is 1. The summed E-state index contributed by atoms with van der Waals surface area (Å²) < 4.78 is 11.3. The van der Waals surface area contributed by atoms with Gasteiger partial charge in [0.1, 0.15) is 11.4 Å². The summed E-state index contributed by atoms with van der Waals surface area (Å²) in [6.45, 7) is 6.88. The molecule has 0 spiro atoms. The van der Waals surface area contributed by atoms with Crippen LogP contribution >= 0.6 is 0 Å². The minimum Gasteiger partial charge on any atom is -0.496 e. The van der Waals surface area contributed by atoms with E-state index in [1.165, 1.54) is 6.42 Å². The summed E-state index contributed by atoms with van der Waals surface area (Å²) in [5, 5.41) is 3.05. The van der Waals surface area contributed by atoms with E-state index in [0.717, 1.165) is 42.7 Å². The lowest BCUT2D eigenvalue weighted by Crippen LogP contribution is -2.48. The normalized spacial score (nSPS) is 24.3. The van der Waals surface area contributed by atoms with Gasteiger partial charge in [0.2, 0.25) is 0 Å². The van der Waals surface area contributed by atoms with Gasteiger partial charge in [-0.25, -0.2) is 0 Å². The second-order valence-corrected chi connectivity index (χ2v) is 6.68. The van der Waals surface area contributed by atoms with E-state index in [2.05, 4.69) is 19.2 Å². The van der Waals surface area contributed by atoms with Gasteiger partial charge < -0.3 is 14.8 Å². The molecule has 2 atom stereocenters. The fourth-order valence-electron chi connectivity index (χ4n) is 3.40. The van der Waals surface area contributed by atoms with Crippen LogP contribution in [0.1, 0.15) is 51.5 Å². The lowest BCUT2D eigenvalue weighted by atomic mass is 9.78. The molecule has 1 aliphatic rings. The zero-order chi connectivity index (χ0) is 16.9. The molecule has 0 heterocycles. The summed E-state index contributed by atoms with van der Waals surface area (Å²) in [5.41, 5.74) is 1.12. The number of aryl methyl sites for hydroxylation is 1. The van der Waals surface area contributed by atoms with E-state index in [1.807, 2.05) is 25.1 Å². The number of hydrogen-bond acceptors (Lipinski definition) is 3. The lowest BCUT2D eigenvalue weighted by Gasteiger charge is -2.38. The predicted molar refractivity (Wildman–Crippen MR) is 93.0 cm³/mol. The van der Waals surface area contributed by atoms with E-state index in [-0.39, 0.29) is 5.91 Å². The molecule has 1 saturated carbocycles. The fraction of sp³-hybridized carbons (Fsp3) is 0.632. The molecule has 1 aliphatic carbocycles. The fourth-order valence-corrected chi connectivity index (χ4v) is 3.40. The van der Waals surface area contributed by atoms with Crippen LogP contribution in [0.2, 0.25) is 0 Å². The number of nitrogens with one attached hydrogen (secondary N) is 1. The predicted octanol–water partition coefficient (Wildman–Crippen LogP) is 4.32. The quantitative estimate of drug-likeness (QED) is 0.849.